The number of aliphatic hydroxyl groups is 1. The molecule has 3 N–H and O–H groups in total. The highest BCUT2D eigenvalue weighted by Crippen LogP contribution is 2.33. The zero-order valence-corrected chi connectivity index (χ0v) is 12.9. The molecule has 3 aromatic rings. The van der Waals surface area contributed by atoms with Crippen molar-refractivity contribution in [3.05, 3.63) is 46.2 Å². The first-order valence-electron chi connectivity index (χ1n) is 6.62. The summed E-state index contributed by atoms with van der Waals surface area (Å²) in [5, 5.41) is 15.2. The standard InChI is InChI=1S/C15H15N3O3S/c1-15(20,12-4-3-7-22-12)9-5-6-10-11(8-9)17-13(16-10)18-14(19)21-2/h3-8,20H,1-2H3,(H2,16,17,18,19). The quantitative estimate of drug-likeness (QED) is 0.693. The molecule has 0 saturated heterocycles. The molecular formula is C15H15N3O3S. The Kier molecular flexibility index (Phi) is 3.59. The Morgan fingerprint density at radius 2 is 2.27 bits per heavy atom. The van der Waals surface area contributed by atoms with Gasteiger partial charge in [-0.1, -0.05) is 12.1 Å². The number of thiophene rings is 1. The van der Waals surface area contributed by atoms with Crippen molar-refractivity contribution in [3.8, 4) is 0 Å². The molecule has 0 saturated carbocycles. The van der Waals surface area contributed by atoms with E-state index >= 15 is 0 Å². The lowest BCUT2D eigenvalue weighted by molar-refractivity contribution is 0.106. The molecule has 0 spiro atoms. The number of aromatic nitrogens is 2. The van der Waals surface area contributed by atoms with Crippen LogP contribution >= 0.6 is 11.3 Å². The Bertz CT molecular complexity index is 809. The van der Waals surface area contributed by atoms with Crippen molar-refractivity contribution in [1.82, 2.24) is 9.97 Å². The van der Waals surface area contributed by atoms with Crippen LogP contribution in [0.15, 0.2) is 35.7 Å². The van der Waals surface area contributed by atoms with Crippen LogP contribution in [0.25, 0.3) is 11.0 Å². The Morgan fingerprint density at radius 3 is 2.95 bits per heavy atom. The number of hydrogen-bond acceptors (Lipinski definition) is 5. The maximum Gasteiger partial charge on any atom is 0.413 e. The van der Waals surface area contributed by atoms with E-state index in [-0.39, 0.29) is 0 Å². The van der Waals surface area contributed by atoms with Gasteiger partial charge >= 0.3 is 6.09 Å². The molecule has 1 unspecified atom stereocenters. The number of ether oxygens (including phenoxy) is 1. The van der Waals surface area contributed by atoms with Crippen LogP contribution in [0, 0.1) is 0 Å². The zero-order valence-electron chi connectivity index (χ0n) is 12.1. The Labute approximate surface area is 130 Å². The first-order chi connectivity index (χ1) is 10.5. The lowest BCUT2D eigenvalue weighted by Gasteiger charge is -2.22. The van der Waals surface area contributed by atoms with Crippen LogP contribution in [0.1, 0.15) is 17.4 Å². The first kappa shape index (κ1) is 14.6. The van der Waals surface area contributed by atoms with E-state index in [1.54, 1.807) is 13.0 Å². The largest absolute Gasteiger partial charge is 0.453 e. The summed E-state index contributed by atoms with van der Waals surface area (Å²) >= 11 is 1.50. The smallest absolute Gasteiger partial charge is 0.413 e. The molecule has 22 heavy (non-hydrogen) atoms. The molecule has 114 valence electrons. The summed E-state index contributed by atoms with van der Waals surface area (Å²) in [6, 6.07) is 9.24. The highest BCUT2D eigenvalue weighted by atomic mass is 32.1. The average molecular weight is 317 g/mol. The van der Waals surface area contributed by atoms with Gasteiger partial charge in [0.1, 0.15) is 5.60 Å². The molecular weight excluding hydrogens is 302 g/mol. The molecule has 0 fully saturated rings. The second kappa shape index (κ2) is 5.43. The molecule has 1 amide bonds. The van der Waals surface area contributed by atoms with E-state index in [2.05, 4.69) is 20.0 Å². The minimum Gasteiger partial charge on any atom is -0.453 e. The molecule has 7 heteroatoms. The Hall–Kier alpha value is -2.38. The van der Waals surface area contributed by atoms with E-state index in [0.717, 1.165) is 16.0 Å². The number of methoxy groups -OCH3 is 1. The number of nitrogens with one attached hydrogen (secondary N) is 2. The average Bonchev–Trinajstić information content (AvgIpc) is 3.15. The first-order valence-corrected chi connectivity index (χ1v) is 7.50. The zero-order chi connectivity index (χ0) is 15.7. The summed E-state index contributed by atoms with van der Waals surface area (Å²) in [7, 11) is 1.29. The van der Waals surface area contributed by atoms with Crippen molar-refractivity contribution in [2.24, 2.45) is 0 Å². The normalized spacial score (nSPS) is 13.8. The summed E-state index contributed by atoms with van der Waals surface area (Å²) in [5.41, 5.74) is 1.08. The Morgan fingerprint density at radius 1 is 1.45 bits per heavy atom. The molecule has 1 aromatic carbocycles. The van der Waals surface area contributed by atoms with Crippen molar-refractivity contribution in [1.29, 1.82) is 0 Å². The molecule has 1 atom stereocenters. The minimum absolute atomic E-state index is 0.301. The third kappa shape index (κ3) is 2.56. The van der Waals surface area contributed by atoms with Gasteiger partial charge in [0.15, 0.2) is 0 Å². The lowest BCUT2D eigenvalue weighted by Crippen LogP contribution is -2.21. The molecule has 0 bridgehead atoms. The number of fused-ring (bicyclic) bond motifs is 1. The van der Waals surface area contributed by atoms with Gasteiger partial charge in [-0.3, -0.25) is 5.32 Å². The molecule has 0 aliphatic carbocycles. The molecule has 0 aliphatic rings. The molecule has 2 aromatic heterocycles. The number of imidazole rings is 1. The van der Waals surface area contributed by atoms with E-state index < -0.39 is 11.7 Å². The van der Waals surface area contributed by atoms with Gasteiger partial charge in [0, 0.05) is 4.88 Å². The fraction of sp³-hybridized carbons (Fsp3) is 0.200. The SMILES string of the molecule is COC(=O)Nc1nc2ccc(C(C)(O)c3cccs3)cc2[nH]1. The summed E-state index contributed by atoms with van der Waals surface area (Å²) in [5.74, 6) is 0.301. The van der Waals surface area contributed by atoms with Crippen LogP contribution in [-0.4, -0.2) is 28.3 Å². The maximum atomic E-state index is 11.2. The van der Waals surface area contributed by atoms with Gasteiger partial charge in [0.25, 0.3) is 0 Å². The van der Waals surface area contributed by atoms with Crippen molar-refractivity contribution >= 4 is 34.4 Å². The van der Waals surface area contributed by atoms with E-state index in [1.807, 2.05) is 29.6 Å². The summed E-state index contributed by atoms with van der Waals surface area (Å²) in [4.78, 5) is 19.3. The predicted octanol–water partition coefficient (Wildman–Crippen LogP) is 3.06. The number of hydrogen-bond donors (Lipinski definition) is 3. The summed E-state index contributed by atoms with van der Waals surface area (Å²) in [6.45, 7) is 1.75. The fourth-order valence-corrected chi connectivity index (χ4v) is 3.03. The fourth-order valence-electron chi connectivity index (χ4n) is 2.22. The van der Waals surface area contributed by atoms with Crippen LogP contribution in [0.2, 0.25) is 0 Å². The van der Waals surface area contributed by atoms with Crippen molar-refractivity contribution in [2.75, 3.05) is 12.4 Å². The third-order valence-corrected chi connectivity index (χ3v) is 4.53. The molecule has 3 rings (SSSR count). The number of nitrogens with zero attached hydrogens (tertiary/aromatic N) is 1. The van der Waals surface area contributed by atoms with Crippen molar-refractivity contribution in [3.63, 3.8) is 0 Å². The van der Waals surface area contributed by atoms with Gasteiger partial charge in [-0.25, -0.2) is 9.78 Å². The molecule has 0 aliphatic heterocycles. The van der Waals surface area contributed by atoms with E-state index in [1.165, 1.54) is 18.4 Å². The highest BCUT2D eigenvalue weighted by Gasteiger charge is 2.27. The van der Waals surface area contributed by atoms with Crippen LogP contribution in [0.4, 0.5) is 10.7 Å². The van der Waals surface area contributed by atoms with Crippen LogP contribution in [0.3, 0.4) is 0 Å². The number of anilines is 1. The monoisotopic (exact) mass is 317 g/mol. The van der Waals surface area contributed by atoms with Gasteiger partial charge in [-0.05, 0) is 36.1 Å². The number of benzene rings is 1. The number of H-pyrrole nitrogens is 1. The number of aromatic amines is 1. The Balaban J connectivity index is 1.98. The van der Waals surface area contributed by atoms with E-state index in [9.17, 15) is 9.90 Å². The minimum atomic E-state index is -1.08. The van der Waals surface area contributed by atoms with Gasteiger partial charge < -0.3 is 14.8 Å². The molecule has 6 nitrogen and oxygen atoms in total. The van der Waals surface area contributed by atoms with Crippen LogP contribution < -0.4 is 5.32 Å². The highest BCUT2D eigenvalue weighted by molar-refractivity contribution is 7.10. The summed E-state index contributed by atoms with van der Waals surface area (Å²) in [6.07, 6.45) is -0.593. The number of rotatable bonds is 3. The van der Waals surface area contributed by atoms with E-state index in [0.29, 0.717) is 11.5 Å². The van der Waals surface area contributed by atoms with Crippen LogP contribution in [-0.2, 0) is 10.3 Å². The topological polar surface area (TPSA) is 87.2 Å². The van der Waals surface area contributed by atoms with Gasteiger partial charge in [0.05, 0.1) is 18.1 Å². The molecule has 2 heterocycles. The van der Waals surface area contributed by atoms with Gasteiger partial charge in [0.2, 0.25) is 5.95 Å². The number of carbonyl (C=O) groups is 1. The molecule has 0 radical (unpaired) electrons. The second-order valence-electron chi connectivity index (χ2n) is 4.98. The van der Waals surface area contributed by atoms with Crippen LogP contribution in [0.5, 0.6) is 0 Å². The van der Waals surface area contributed by atoms with Crippen molar-refractivity contribution < 1.29 is 14.6 Å². The third-order valence-electron chi connectivity index (χ3n) is 3.45. The van der Waals surface area contributed by atoms with E-state index in [4.69, 9.17) is 0 Å². The van der Waals surface area contributed by atoms with Crippen molar-refractivity contribution in [2.45, 2.75) is 12.5 Å². The lowest BCUT2D eigenvalue weighted by atomic mass is 9.94. The number of carbonyl (C=O) groups excluding carboxylic acids is 1. The number of amides is 1. The van der Waals surface area contributed by atoms with Gasteiger partial charge in [-0.2, -0.15) is 0 Å². The van der Waals surface area contributed by atoms with Gasteiger partial charge in [-0.15, -0.1) is 11.3 Å². The second-order valence-corrected chi connectivity index (χ2v) is 5.93. The predicted molar refractivity (Wildman–Crippen MR) is 85.1 cm³/mol. The summed E-state index contributed by atoms with van der Waals surface area (Å²) < 4.78 is 4.53. The maximum absolute atomic E-state index is 11.2.